The number of pyridine rings is 3. The maximum Gasteiger partial charge on any atom is 0.128 e. The van der Waals surface area contributed by atoms with Crippen molar-refractivity contribution in [2.45, 2.75) is 66.7 Å². The minimum atomic E-state index is 0.683. The Balaban J connectivity index is 0.000000311. The lowest BCUT2D eigenvalue weighted by Crippen LogP contribution is -2.01. The average molecular weight is 660 g/mol. The number of hydrogen-bond acceptors (Lipinski definition) is 5. The first kappa shape index (κ1) is 42.0. The van der Waals surface area contributed by atoms with Crippen LogP contribution in [0.25, 0.3) is 24.3 Å². The molecule has 0 radical (unpaired) electrons. The molecule has 0 spiro atoms. The van der Waals surface area contributed by atoms with Gasteiger partial charge >= 0.3 is 0 Å². The van der Waals surface area contributed by atoms with Crippen LogP contribution in [-0.4, -0.2) is 28.7 Å². The highest BCUT2D eigenvalue weighted by molar-refractivity contribution is 5.54. The van der Waals surface area contributed by atoms with E-state index in [4.69, 9.17) is 9.47 Å². The number of methoxy groups -OCH3 is 1. The molecule has 0 unspecified atom stereocenters. The fourth-order valence-corrected chi connectivity index (χ4v) is 5.02. The summed E-state index contributed by atoms with van der Waals surface area (Å²) in [4.78, 5) is 12.4. The number of rotatable bonds is 8. The van der Waals surface area contributed by atoms with Crippen molar-refractivity contribution in [3.8, 4) is 11.5 Å². The molecule has 4 aromatic rings. The van der Waals surface area contributed by atoms with E-state index in [0.717, 1.165) is 56.8 Å². The molecule has 1 fully saturated rings. The monoisotopic (exact) mass is 659 g/mol. The highest BCUT2D eigenvalue weighted by Gasteiger charge is 2.08. The van der Waals surface area contributed by atoms with Crippen LogP contribution in [-0.2, 0) is 0 Å². The fourth-order valence-electron chi connectivity index (χ4n) is 5.02. The van der Waals surface area contributed by atoms with Gasteiger partial charge in [0, 0.05) is 40.8 Å². The Labute approximate surface area is 296 Å². The molecule has 1 aromatic carbocycles. The SMILES string of the molecule is C=CC1CCCCC1.C=Cc1ccccc1.C=Cc1ccccn1.C=Cc1ncc(C)c(OC)c1C.C=Cc1ncc(C)c(OCC)c1C. The van der Waals surface area contributed by atoms with Crippen LogP contribution in [0.2, 0.25) is 0 Å². The molecule has 0 bridgehead atoms. The summed E-state index contributed by atoms with van der Waals surface area (Å²) in [6.45, 7) is 29.0. The van der Waals surface area contributed by atoms with Gasteiger partial charge in [0.1, 0.15) is 11.5 Å². The topological polar surface area (TPSA) is 57.1 Å². The van der Waals surface area contributed by atoms with Crippen LogP contribution in [0.1, 0.15) is 83.9 Å². The van der Waals surface area contributed by atoms with E-state index in [1.54, 1.807) is 37.7 Å². The average Bonchev–Trinajstić information content (AvgIpc) is 3.16. The third-order valence-electron chi connectivity index (χ3n) is 7.76. The van der Waals surface area contributed by atoms with Crippen LogP contribution in [0.15, 0.2) is 106 Å². The molecule has 3 aromatic heterocycles. The van der Waals surface area contributed by atoms with Gasteiger partial charge in [-0.15, -0.1) is 6.58 Å². The Kier molecular flexibility index (Phi) is 21.5. The first-order valence-electron chi connectivity index (χ1n) is 16.9. The van der Waals surface area contributed by atoms with Crippen LogP contribution in [0, 0.1) is 33.6 Å². The van der Waals surface area contributed by atoms with Gasteiger partial charge in [-0.25, -0.2) is 0 Å². The van der Waals surface area contributed by atoms with E-state index in [2.05, 4.69) is 53.9 Å². The van der Waals surface area contributed by atoms with Crippen molar-refractivity contribution < 1.29 is 9.47 Å². The summed E-state index contributed by atoms with van der Waals surface area (Å²) < 4.78 is 10.8. The second-order valence-electron chi connectivity index (χ2n) is 11.3. The first-order valence-corrected chi connectivity index (χ1v) is 16.9. The standard InChI is InChI=1S/C11H15NO.C10H13NO.C8H14.C8H8.C7H7N/c1-5-10-9(4)11(13-6-2)8(3)7-12-10;1-5-9-8(3)10(12-4)7(2)6-11-9;2*1-2-8-6-4-3-5-7-8;1-2-7-5-3-4-6-8-7/h5,7H,1,6H2,2-4H3;5-6H,1H2,2-4H3;2,8H,1,3-7H2;2-7H,1H2;2-6H,1H2. The van der Waals surface area contributed by atoms with Crippen LogP contribution >= 0.6 is 0 Å². The molecular formula is C44H57N3O2. The zero-order valence-electron chi connectivity index (χ0n) is 30.8. The smallest absolute Gasteiger partial charge is 0.128 e. The van der Waals surface area contributed by atoms with Gasteiger partial charge in [-0.1, -0.05) is 94.1 Å². The van der Waals surface area contributed by atoms with Gasteiger partial charge in [0.2, 0.25) is 0 Å². The minimum Gasteiger partial charge on any atom is -0.496 e. The van der Waals surface area contributed by atoms with Gasteiger partial charge < -0.3 is 9.47 Å². The molecule has 1 saturated carbocycles. The van der Waals surface area contributed by atoms with Crippen molar-refractivity contribution in [1.82, 2.24) is 15.0 Å². The normalized spacial score (nSPS) is 11.5. The molecule has 1 aliphatic carbocycles. The van der Waals surface area contributed by atoms with Crippen LogP contribution in [0.3, 0.4) is 0 Å². The summed E-state index contributed by atoms with van der Waals surface area (Å²) in [5.41, 5.74) is 8.13. The summed E-state index contributed by atoms with van der Waals surface area (Å²) in [7, 11) is 1.67. The Morgan fingerprint density at radius 2 is 1.22 bits per heavy atom. The number of ether oxygens (including phenoxy) is 2. The molecule has 0 aliphatic heterocycles. The summed E-state index contributed by atoms with van der Waals surface area (Å²) in [5, 5.41) is 0. The zero-order valence-corrected chi connectivity index (χ0v) is 30.8. The summed E-state index contributed by atoms with van der Waals surface area (Å²) in [6.07, 6.45) is 21.6. The molecule has 0 N–H and O–H groups in total. The van der Waals surface area contributed by atoms with E-state index in [1.807, 2.05) is 95.4 Å². The third-order valence-corrected chi connectivity index (χ3v) is 7.76. The van der Waals surface area contributed by atoms with Gasteiger partial charge in [0.25, 0.3) is 0 Å². The Hall–Kier alpha value is -5.03. The number of aryl methyl sites for hydroxylation is 2. The highest BCUT2D eigenvalue weighted by atomic mass is 16.5. The number of aromatic nitrogens is 3. The second kappa shape index (κ2) is 25.0. The van der Waals surface area contributed by atoms with E-state index in [1.165, 1.54) is 37.7 Å². The van der Waals surface area contributed by atoms with E-state index in [0.29, 0.717) is 6.61 Å². The molecule has 0 amide bonds. The quantitative estimate of drug-likeness (QED) is 0.176. The van der Waals surface area contributed by atoms with E-state index in [-0.39, 0.29) is 0 Å². The van der Waals surface area contributed by atoms with Crippen molar-refractivity contribution in [2.75, 3.05) is 13.7 Å². The number of hydrogen-bond donors (Lipinski definition) is 0. The number of nitrogens with zero attached hydrogens (tertiary/aromatic N) is 3. The van der Waals surface area contributed by atoms with E-state index in [9.17, 15) is 0 Å². The zero-order chi connectivity index (χ0) is 36.4. The lowest BCUT2D eigenvalue weighted by atomic mass is 9.90. The van der Waals surface area contributed by atoms with Crippen molar-refractivity contribution in [1.29, 1.82) is 0 Å². The fraction of sp³-hybridized carbons (Fsp3) is 0.295. The van der Waals surface area contributed by atoms with Crippen LogP contribution in [0.4, 0.5) is 0 Å². The summed E-state index contributed by atoms with van der Waals surface area (Å²) in [5.74, 6) is 2.69. The lowest BCUT2D eigenvalue weighted by Gasteiger charge is -2.16. The maximum atomic E-state index is 5.52. The Morgan fingerprint density at radius 1 is 0.673 bits per heavy atom. The molecule has 260 valence electrons. The van der Waals surface area contributed by atoms with Crippen molar-refractivity contribution in [3.05, 3.63) is 151 Å². The predicted octanol–water partition coefficient (Wildman–Crippen LogP) is 11.9. The number of benzene rings is 1. The van der Waals surface area contributed by atoms with Crippen molar-refractivity contribution >= 4 is 24.3 Å². The lowest BCUT2D eigenvalue weighted by molar-refractivity contribution is 0.335. The van der Waals surface area contributed by atoms with Crippen LogP contribution < -0.4 is 9.47 Å². The van der Waals surface area contributed by atoms with Gasteiger partial charge in [0.15, 0.2) is 0 Å². The molecule has 5 nitrogen and oxygen atoms in total. The van der Waals surface area contributed by atoms with E-state index < -0.39 is 0 Å². The largest absolute Gasteiger partial charge is 0.496 e. The van der Waals surface area contributed by atoms with Gasteiger partial charge in [-0.3, -0.25) is 15.0 Å². The Bertz CT molecular complexity index is 1510. The summed E-state index contributed by atoms with van der Waals surface area (Å²) >= 11 is 0. The molecule has 3 heterocycles. The van der Waals surface area contributed by atoms with Crippen molar-refractivity contribution in [2.24, 2.45) is 5.92 Å². The second-order valence-corrected chi connectivity index (χ2v) is 11.3. The van der Waals surface area contributed by atoms with Gasteiger partial charge in [-0.05, 0) is 89.3 Å². The van der Waals surface area contributed by atoms with Gasteiger partial charge in [-0.2, -0.15) is 0 Å². The molecule has 0 saturated heterocycles. The molecule has 0 atom stereocenters. The number of allylic oxidation sites excluding steroid dienone is 1. The predicted molar refractivity (Wildman–Crippen MR) is 213 cm³/mol. The molecule has 49 heavy (non-hydrogen) atoms. The molecule has 1 aliphatic rings. The Morgan fingerprint density at radius 3 is 1.61 bits per heavy atom. The minimum absolute atomic E-state index is 0.683. The first-order chi connectivity index (χ1) is 23.7. The summed E-state index contributed by atoms with van der Waals surface area (Å²) in [6, 6.07) is 15.8. The van der Waals surface area contributed by atoms with Crippen LogP contribution in [0.5, 0.6) is 11.5 Å². The molecular weight excluding hydrogens is 603 g/mol. The maximum absolute atomic E-state index is 5.52. The molecule has 5 heteroatoms. The van der Waals surface area contributed by atoms with Gasteiger partial charge in [0.05, 0.1) is 30.8 Å². The van der Waals surface area contributed by atoms with Crippen molar-refractivity contribution in [3.63, 3.8) is 0 Å². The van der Waals surface area contributed by atoms with E-state index >= 15 is 0 Å². The molecule has 5 rings (SSSR count). The third kappa shape index (κ3) is 15.6. The highest BCUT2D eigenvalue weighted by Crippen LogP contribution is 2.26.